The van der Waals surface area contributed by atoms with Gasteiger partial charge in [0.15, 0.2) is 0 Å². The highest BCUT2D eigenvalue weighted by Crippen LogP contribution is 2.39. The molecular formula is C17H27NO2. The quantitative estimate of drug-likeness (QED) is 0.865. The Morgan fingerprint density at radius 1 is 1.30 bits per heavy atom. The zero-order chi connectivity index (χ0) is 14.5. The molecule has 0 radical (unpaired) electrons. The first-order valence-corrected chi connectivity index (χ1v) is 7.64. The Bertz CT molecular complexity index is 421. The molecule has 20 heavy (non-hydrogen) atoms. The van der Waals surface area contributed by atoms with Gasteiger partial charge in [0, 0.05) is 7.11 Å². The zero-order valence-electron chi connectivity index (χ0n) is 13.1. The van der Waals surface area contributed by atoms with E-state index >= 15 is 0 Å². The van der Waals surface area contributed by atoms with Gasteiger partial charge < -0.3 is 14.8 Å². The molecule has 0 saturated heterocycles. The number of nitrogens with one attached hydrogen (secondary N) is 1. The van der Waals surface area contributed by atoms with Crippen molar-refractivity contribution in [2.24, 2.45) is 0 Å². The average molecular weight is 277 g/mol. The maximum atomic E-state index is 6.24. The van der Waals surface area contributed by atoms with Gasteiger partial charge in [0.05, 0.1) is 24.9 Å². The number of benzene rings is 1. The normalized spacial score (nSPS) is 27.1. The third kappa shape index (κ3) is 3.40. The van der Waals surface area contributed by atoms with Crippen LogP contribution < -0.4 is 5.32 Å². The molecule has 0 saturated carbocycles. The summed E-state index contributed by atoms with van der Waals surface area (Å²) in [6.07, 6.45) is 1.40. The van der Waals surface area contributed by atoms with E-state index in [0.717, 1.165) is 13.0 Å². The molecule has 0 bridgehead atoms. The summed E-state index contributed by atoms with van der Waals surface area (Å²) in [6, 6.07) is 9.02. The van der Waals surface area contributed by atoms with Crippen molar-refractivity contribution in [2.75, 3.05) is 20.3 Å². The van der Waals surface area contributed by atoms with Crippen molar-refractivity contribution in [3.05, 3.63) is 35.4 Å². The van der Waals surface area contributed by atoms with Gasteiger partial charge in [0.2, 0.25) is 0 Å². The van der Waals surface area contributed by atoms with E-state index in [1.54, 1.807) is 7.11 Å². The lowest BCUT2D eigenvalue weighted by Gasteiger charge is -2.38. The first-order valence-electron chi connectivity index (χ1n) is 7.64. The number of methoxy groups -OCH3 is 1. The Balaban J connectivity index is 2.20. The molecule has 0 aliphatic heterocycles. The minimum Gasteiger partial charge on any atom is -0.382 e. The molecule has 0 amide bonds. The Morgan fingerprint density at radius 2 is 2.00 bits per heavy atom. The maximum absolute atomic E-state index is 6.24. The summed E-state index contributed by atoms with van der Waals surface area (Å²) in [5, 5.41) is 3.59. The van der Waals surface area contributed by atoms with Crippen molar-refractivity contribution in [3.63, 3.8) is 0 Å². The average Bonchev–Trinajstić information content (AvgIpc) is 2.43. The van der Waals surface area contributed by atoms with Crippen LogP contribution in [0.4, 0.5) is 0 Å². The van der Waals surface area contributed by atoms with E-state index in [1.807, 2.05) is 0 Å². The molecule has 1 aliphatic carbocycles. The second-order valence-corrected chi connectivity index (χ2v) is 5.74. The molecule has 1 N–H and O–H groups in total. The van der Waals surface area contributed by atoms with Crippen LogP contribution in [0.2, 0.25) is 0 Å². The fourth-order valence-electron chi connectivity index (χ4n) is 3.22. The number of ether oxygens (including phenoxy) is 2. The third-order valence-corrected chi connectivity index (χ3v) is 4.05. The monoisotopic (exact) mass is 277 g/mol. The van der Waals surface area contributed by atoms with Crippen LogP contribution in [0.3, 0.4) is 0 Å². The molecule has 0 fully saturated rings. The molecular weight excluding hydrogens is 250 g/mol. The van der Waals surface area contributed by atoms with Gasteiger partial charge in [-0.3, -0.25) is 0 Å². The first-order chi connectivity index (χ1) is 9.67. The molecule has 1 aromatic carbocycles. The number of rotatable bonds is 6. The third-order valence-electron chi connectivity index (χ3n) is 4.05. The summed E-state index contributed by atoms with van der Waals surface area (Å²) in [4.78, 5) is 0. The number of hydrogen-bond donors (Lipinski definition) is 1. The van der Waals surface area contributed by atoms with E-state index in [-0.39, 0.29) is 18.2 Å². The minimum atomic E-state index is 0.128. The fraction of sp³-hybridized carbons (Fsp3) is 0.647. The van der Waals surface area contributed by atoms with Crippen molar-refractivity contribution in [2.45, 2.75) is 51.4 Å². The molecule has 2 rings (SSSR count). The van der Waals surface area contributed by atoms with E-state index in [1.165, 1.54) is 11.1 Å². The second-order valence-electron chi connectivity index (χ2n) is 5.74. The first kappa shape index (κ1) is 15.5. The lowest BCUT2D eigenvalue weighted by Crippen LogP contribution is -2.40. The Hall–Kier alpha value is -0.900. The number of fused-ring (bicyclic) bond motifs is 1. The van der Waals surface area contributed by atoms with Gasteiger partial charge in [0.25, 0.3) is 0 Å². The predicted octanol–water partition coefficient (Wildman–Crippen LogP) is 3.26. The van der Waals surface area contributed by atoms with Gasteiger partial charge in [-0.15, -0.1) is 0 Å². The van der Waals surface area contributed by atoms with Crippen molar-refractivity contribution in [1.82, 2.24) is 5.32 Å². The Kier molecular flexibility index (Phi) is 5.58. The van der Waals surface area contributed by atoms with Crippen LogP contribution in [-0.4, -0.2) is 32.5 Å². The molecule has 112 valence electrons. The van der Waals surface area contributed by atoms with E-state index in [4.69, 9.17) is 9.47 Å². The van der Waals surface area contributed by atoms with E-state index in [9.17, 15) is 0 Å². The predicted molar refractivity (Wildman–Crippen MR) is 82.1 cm³/mol. The van der Waals surface area contributed by atoms with Crippen molar-refractivity contribution in [1.29, 1.82) is 0 Å². The summed E-state index contributed by atoms with van der Waals surface area (Å²) in [5.41, 5.74) is 2.85. The molecule has 1 aliphatic rings. The SMILES string of the molecule is CCNC1c2ccccc2C(C)CC1OC(C)COC. The van der Waals surface area contributed by atoms with Gasteiger partial charge in [0.1, 0.15) is 0 Å². The summed E-state index contributed by atoms with van der Waals surface area (Å²) < 4.78 is 11.4. The fourth-order valence-corrected chi connectivity index (χ4v) is 3.22. The lowest BCUT2D eigenvalue weighted by atomic mass is 9.79. The van der Waals surface area contributed by atoms with Crippen LogP contribution in [0.15, 0.2) is 24.3 Å². The molecule has 4 atom stereocenters. The molecule has 3 nitrogen and oxygen atoms in total. The Labute approximate surface area is 122 Å². The van der Waals surface area contributed by atoms with Crippen LogP contribution in [0, 0.1) is 0 Å². The zero-order valence-corrected chi connectivity index (χ0v) is 13.1. The van der Waals surface area contributed by atoms with Gasteiger partial charge >= 0.3 is 0 Å². The summed E-state index contributed by atoms with van der Waals surface area (Å²) in [6.45, 7) is 8.11. The standard InChI is InChI=1S/C17H27NO2/c1-5-18-17-15-9-7-6-8-14(15)12(2)10-16(17)20-13(3)11-19-4/h6-9,12-13,16-18H,5,10-11H2,1-4H3. The van der Waals surface area contributed by atoms with Crippen LogP contribution in [0.25, 0.3) is 0 Å². The summed E-state index contributed by atoms with van der Waals surface area (Å²) in [7, 11) is 1.72. The van der Waals surface area contributed by atoms with Crippen molar-refractivity contribution < 1.29 is 9.47 Å². The summed E-state index contributed by atoms with van der Waals surface area (Å²) >= 11 is 0. The second kappa shape index (κ2) is 7.21. The topological polar surface area (TPSA) is 30.5 Å². The van der Waals surface area contributed by atoms with Gasteiger partial charge in [-0.1, -0.05) is 38.1 Å². The molecule has 0 heterocycles. The summed E-state index contributed by atoms with van der Waals surface area (Å²) in [5.74, 6) is 0.542. The molecule has 3 heteroatoms. The maximum Gasteiger partial charge on any atom is 0.0785 e. The minimum absolute atomic E-state index is 0.128. The van der Waals surface area contributed by atoms with Crippen LogP contribution in [-0.2, 0) is 9.47 Å². The van der Waals surface area contributed by atoms with Crippen LogP contribution >= 0.6 is 0 Å². The van der Waals surface area contributed by atoms with Crippen LogP contribution in [0.5, 0.6) is 0 Å². The smallest absolute Gasteiger partial charge is 0.0785 e. The highest BCUT2D eigenvalue weighted by molar-refractivity contribution is 5.36. The van der Waals surface area contributed by atoms with Crippen molar-refractivity contribution >= 4 is 0 Å². The largest absolute Gasteiger partial charge is 0.382 e. The van der Waals surface area contributed by atoms with E-state index in [2.05, 4.69) is 50.4 Å². The van der Waals surface area contributed by atoms with Crippen LogP contribution in [0.1, 0.15) is 50.3 Å². The number of likely N-dealkylation sites (N-methyl/N-ethyl adjacent to an activating group) is 1. The molecule has 0 aromatic heterocycles. The van der Waals surface area contributed by atoms with Gasteiger partial charge in [-0.2, -0.15) is 0 Å². The van der Waals surface area contributed by atoms with Crippen molar-refractivity contribution in [3.8, 4) is 0 Å². The number of hydrogen-bond acceptors (Lipinski definition) is 3. The highest BCUT2D eigenvalue weighted by Gasteiger charge is 2.33. The van der Waals surface area contributed by atoms with Gasteiger partial charge in [-0.05, 0) is 36.9 Å². The molecule has 1 aromatic rings. The Morgan fingerprint density at radius 3 is 2.65 bits per heavy atom. The highest BCUT2D eigenvalue weighted by atomic mass is 16.5. The lowest BCUT2D eigenvalue weighted by molar-refractivity contribution is -0.0623. The molecule has 0 spiro atoms. The van der Waals surface area contributed by atoms with E-state index in [0.29, 0.717) is 12.5 Å². The molecule has 4 unspecified atom stereocenters. The van der Waals surface area contributed by atoms with E-state index < -0.39 is 0 Å². The van der Waals surface area contributed by atoms with Gasteiger partial charge in [-0.25, -0.2) is 0 Å².